The molecule has 1 unspecified atom stereocenters. The molecular weight excluding hydrogens is 230 g/mol. The molecule has 3 rings (SSSR count). The molecule has 0 fully saturated rings. The lowest BCUT2D eigenvalue weighted by molar-refractivity contribution is 0.937. The van der Waals surface area contributed by atoms with Crippen LogP contribution in [0.25, 0.3) is 5.57 Å². The van der Waals surface area contributed by atoms with Crippen molar-refractivity contribution in [3.63, 3.8) is 0 Å². The minimum absolute atomic E-state index is 0.224. The second kappa shape index (κ2) is 6.89. The van der Waals surface area contributed by atoms with Crippen LogP contribution in [-0.4, -0.2) is 12.3 Å². The standard InChI is InChI=1S/C16H15N.C2H6/c1-3-7-13(8-4-1)15-11-16(17-12-15)14-9-5-2-6-10-14;1-2/h1,3-5,7-12,16H,2,6H2;1-2H3. The molecule has 0 saturated carbocycles. The zero-order chi connectivity index (χ0) is 13.5. The SMILES string of the molecule is C1=CC(C2C=C(c3ccccc3)C=N2)=CCC1.CC. The lowest BCUT2D eigenvalue weighted by Crippen LogP contribution is -2.01. The molecule has 1 aromatic rings. The predicted molar refractivity (Wildman–Crippen MR) is 84.5 cm³/mol. The number of hydrogen-bond acceptors (Lipinski definition) is 1. The summed E-state index contributed by atoms with van der Waals surface area (Å²) >= 11 is 0. The summed E-state index contributed by atoms with van der Waals surface area (Å²) in [4.78, 5) is 4.58. The van der Waals surface area contributed by atoms with Gasteiger partial charge >= 0.3 is 0 Å². The molecule has 0 spiro atoms. The fraction of sp³-hybridized carbons (Fsp3) is 0.278. The van der Waals surface area contributed by atoms with E-state index in [4.69, 9.17) is 0 Å². The third-order valence-corrected chi connectivity index (χ3v) is 3.18. The summed E-state index contributed by atoms with van der Waals surface area (Å²) in [5.74, 6) is 0. The summed E-state index contributed by atoms with van der Waals surface area (Å²) in [6, 6.07) is 10.7. The van der Waals surface area contributed by atoms with Crippen LogP contribution in [0.5, 0.6) is 0 Å². The van der Waals surface area contributed by atoms with Crippen molar-refractivity contribution in [2.45, 2.75) is 32.7 Å². The second-order valence-electron chi connectivity index (χ2n) is 4.39. The Morgan fingerprint density at radius 3 is 2.53 bits per heavy atom. The van der Waals surface area contributed by atoms with Gasteiger partial charge in [-0.25, -0.2) is 0 Å². The highest BCUT2D eigenvalue weighted by molar-refractivity contribution is 6.12. The monoisotopic (exact) mass is 251 g/mol. The summed E-state index contributed by atoms with van der Waals surface area (Å²) in [6.45, 7) is 4.00. The van der Waals surface area contributed by atoms with Gasteiger partial charge in [-0.3, -0.25) is 4.99 Å². The van der Waals surface area contributed by atoms with E-state index in [1.807, 2.05) is 26.1 Å². The maximum Gasteiger partial charge on any atom is 0.0936 e. The molecule has 19 heavy (non-hydrogen) atoms. The van der Waals surface area contributed by atoms with E-state index in [9.17, 15) is 0 Å². The molecule has 1 heteroatoms. The Morgan fingerprint density at radius 2 is 1.84 bits per heavy atom. The Labute approximate surface area is 116 Å². The fourth-order valence-electron chi connectivity index (χ4n) is 2.25. The Kier molecular flexibility index (Phi) is 4.91. The highest BCUT2D eigenvalue weighted by atomic mass is 14.8. The average Bonchev–Trinajstić information content (AvgIpc) is 3.01. The van der Waals surface area contributed by atoms with E-state index in [1.54, 1.807) is 0 Å². The van der Waals surface area contributed by atoms with Crippen LogP contribution in [0.4, 0.5) is 0 Å². The van der Waals surface area contributed by atoms with Crippen molar-refractivity contribution in [2.75, 3.05) is 0 Å². The van der Waals surface area contributed by atoms with Crippen molar-refractivity contribution in [3.05, 3.63) is 65.8 Å². The van der Waals surface area contributed by atoms with Crippen molar-refractivity contribution < 1.29 is 0 Å². The van der Waals surface area contributed by atoms with Crippen LogP contribution in [0.1, 0.15) is 32.3 Å². The Bertz CT molecular complexity index is 518. The van der Waals surface area contributed by atoms with Crippen molar-refractivity contribution in [1.29, 1.82) is 0 Å². The minimum atomic E-state index is 0.224. The lowest BCUT2D eigenvalue weighted by atomic mass is 9.99. The van der Waals surface area contributed by atoms with Gasteiger partial charge in [0.15, 0.2) is 0 Å². The first kappa shape index (κ1) is 13.5. The van der Waals surface area contributed by atoms with Crippen LogP contribution in [0, 0.1) is 0 Å². The normalized spacial score (nSPS) is 20.4. The van der Waals surface area contributed by atoms with E-state index in [0.29, 0.717) is 0 Å². The van der Waals surface area contributed by atoms with Gasteiger partial charge < -0.3 is 0 Å². The Hall–Kier alpha value is -1.89. The topological polar surface area (TPSA) is 12.4 Å². The Morgan fingerprint density at radius 1 is 1.05 bits per heavy atom. The fourth-order valence-corrected chi connectivity index (χ4v) is 2.25. The molecule has 0 saturated heterocycles. The maximum atomic E-state index is 4.58. The lowest BCUT2D eigenvalue weighted by Gasteiger charge is -2.09. The van der Waals surface area contributed by atoms with E-state index in [2.05, 4.69) is 53.6 Å². The van der Waals surface area contributed by atoms with Gasteiger partial charge in [-0.2, -0.15) is 0 Å². The molecule has 1 aromatic carbocycles. The third kappa shape index (κ3) is 3.31. The smallest absolute Gasteiger partial charge is 0.0936 e. The van der Waals surface area contributed by atoms with E-state index >= 15 is 0 Å². The minimum Gasteiger partial charge on any atom is -0.280 e. The first-order valence-corrected chi connectivity index (χ1v) is 7.10. The number of aliphatic imine (C=N–C) groups is 1. The molecule has 0 aromatic heterocycles. The Balaban J connectivity index is 0.000000637. The van der Waals surface area contributed by atoms with Crippen molar-refractivity contribution in [2.24, 2.45) is 4.99 Å². The molecule has 1 aliphatic heterocycles. The molecule has 0 N–H and O–H groups in total. The number of hydrogen-bond donors (Lipinski definition) is 0. The maximum absolute atomic E-state index is 4.58. The summed E-state index contributed by atoms with van der Waals surface area (Å²) in [5.41, 5.74) is 3.81. The summed E-state index contributed by atoms with van der Waals surface area (Å²) < 4.78 is 0. The molecule has 1 atom stereocenters. The van der Waals surface area contributed by atoms with Gasteiger partial charge in [-0.1, -0.05) is 62.4 Å². The van der Waals surface area contributed by atoms with Gasteiger partial charge in [0.1, 0.15) is 0 Å². The highest BCUT2D eigenvalue weighted by Crippen LogP contribution is 2.25. The number of rotatable bonds is 2. The van der Waals surface area contributed by atoms with Gasteiger partial charge in [-0.15, -0.1) is 0 Å². The summed E-state index contributed by atoms with van der Waals surface area (Å²) in [6.07, 6.45) is 13.3. The van der Waals surface area contributed by atoms with Crippen LogP contribution in [0.3, 0.4) is 0 Å². The van der Waals surface area contributed by atoms with Crippen LogP contribution < -0.4 is 0 Å². The quantitative estimate of drug-likeness (QED) is 0.714. The molecule has 1 aliphatic carbocycles. The number of nitrogens with zero attached hydrogens (tertiary/aromatic N) is 1. The average molecular weight is 251 g/mol. The number of allylic oxidation sites excluding steroid dienone is 3. The molecule has 0 bridgehead atoms. The molecule has 1 heterocycles. The summed E-state index contributed by atoms with van der Waals surface area (Å²) in [7, 11) is 0. The van der Waals surface area contributed by atoms with Gasteiger partial charge in [-0.05, 0) is 35.6 Å². The predicted octanol–water partition coefficient (Wildman–Crippen LogP) is 4.83. The number of benzene rings is 1. The van der Waals surface area contributed by atoms with Gasteiger partial charge in [0.05, 0.1) is 6.04 Å². The van der Waals surface area contributed by atoms with Gasteiger partial charge in [0.2, 0.25) is 0 Å². The molecule has 2 aliphatic rings. The zero-order valence-electron chi connectivity index (χ0n) is 11.7. The second-order valence-corrected chi connectivity index (χ2v) is 4.39. The summed E-state index contributed by atoms with van der Waals surface area (Å²) in [5, 5.41) is 0. The van der Waals surface area contributed by atoms with Crippen LogP contribution in [0.15, 0.2) is 65.2 Å². The van der Waals surface area contributed by atoms with E-state index in [0.717, 1.165) is 12.8 Å². The van der Waals surface area contributed by atoms with Crippen molar-refractivity contribution >= 4 is 11.8 Å². The molecule has 0 amide bonds. The van der Waals surface area contributed by atoms with Crippen LogP contribution in [0.2, 0.25) is 0 Å². The van der Waals surface area contributed by atoms with E-state index in [1.165, 1.54) is 16.7 Å². The molecule has 0 radical (unpaired) electrons. The highest BCUT2D eigenvalue weighted by Gasteiger charge is 2.15. The largest absolute Gasteiger partial charge is 0.280 e. The van der Waals surface area contributed by atoms with Crippen molar-refractivity contribution in [3.8, 4) is 0 Å². The van der Waals surface area contributed by atoms with E-state index < -0.39 is 0 Å². The van der Waals surface area contributed by atoms with E-state index in [-0.39, 0.29) is 6.04 Å². The zero-order valence-corrected chi connectivity index (χ0v) is 11.7. The third-order valence-electron chi connectivity index (χ3n) is 3.18. The first-order chi connectivity index (χ1) is 9.43. The molecule has 1 nitrogen and oxygen atoms in total. The molecule has 98 valence electrons. The van der Waals surface area contributed by atoms with Crippen molar-refractivity contribution in [1.82, 2.24) is 0 Å². The van der Waals surface area contributed by atoms with Gasteiger partial charge in [0, 0.05) is 6.21 Å². The van der Waals surface area contributed by atoms with Gasteiger partial charge in [0.25, 0.3) is 0 Å². The van der Waals surface area contributed by atoms with Crippen LogP contribution >= 0.6 is 0 Å². The molecular formula is C18H21N. The van der Waals surface area contributed by atoms with Crippen LogP contribution in [-0.2, 0) is 0 Å². The first-order valence-electron chi connectivity index (χ1n) is 7.10.